The van der Waals surface area contributed by atoms with Crippen LogP contribution in [0.2, 0.25) is 0 Å². The van der Waals surface area contributed by atoms with Gasteiger partial charge in [0.25, 0.3) is 0 Å². The molecule has 6 aromatic carbocycles. The SMILES string of the molecule is Cc1cccc(C)c1-c1cc2c3c(c1)-n1c4c(cccc4c4oc5ccccc5c41)B3n1c3sc4ccccc4c3c3cccc-2c31. The van der Waals surface area contributed by atoms with Gasteiger partial charge < -0.3 is 13.5 Å². The van der Waals surface area contributed by atoms with Gasteiger partial charge in [-0.15, -0.1) is 11.3 Å². The minimum absolute atomic E-state index is 0.0384. The molecular formula is C42H25BN2OS. The Morgan fingerprint density at radius 1 is 0.638 bits per heavy atom. The maximum Gasteiger partial charge on any atom is 0.333 e. The number of benzene rings is 6. The lowest BCUT2D eigenvalue weighted by Gasteiger charge is -2.34. The Kier molecular flexibility index (Phi) is 4.33. The minimum atomic E-state index is 0.0384. The molecule has 0 radical (unpaired) electrons. The zero-order valence-corrected chi connectivity index (χ0v) is 26.6. The number of nitrogens with zero attached hydrogens (tertiary/aromatic N) is 2. The van der Waals surface area contributed by atoms with E-state index in [9.17, 15) is 0 Å². The number of fused-ring (bicyclic) bond motifs is 14. The third kappa shape index (κ3) is 2.79. The summed E-state index contributed by atoms with van der Waals surface area (Å²) in [4.78, 5) is 1.35. The molecule has 3 nitrogen and oxygen atoms in total. The van der Waals surface area contributed by atoms with Crippen LogP contribution in [0.25, 0.3) is 92.1 Å². The van der Waals surface area contributed by atoms with Gasteiger partial charge in [-0.1, -0.05) is 78.9 Å². The minimum Gasteiger partial charge on any atom is -0.454 e. The van der Waals surface area contributed by atoms with Crippen molar-refractivity contribution in [3.63, 3.8) is 0 Å². The predicted molar refractivity (Wildman–Crippen MR) is 200 cm³/mol. The highest BCUT2D eigenvalue weighted by molar-refractivity contribution is 7.26. The molecule has 10 aromatic rings. The van der Waals surface area contributed by atoms with Crippen molar-refractivity contribution in [3.05, 3.63) is 126 Å². The van der Waals surface area contributed by atoms with Crippen molar-refractivity contribution in [2.24, 2.45) is 0 Å². The second-order valence-corrected chi connectivity index (χ2v) is 14.4. The Morgan fingerprint density at radius 3 is 2.28 bits per heavy atom. The first kappa shape index (κ1) is 24.7. The molecule has 4 aromatic heterocycles. The van der Waals surface area contributed by atoms with E-state index in [1.807, 2.05) is 11.3 Å². The monoisotopic (exact) mass is 616 g/mol. The van der Waals surface area contributed by atoms with E-state index in [0.717, 1.165) is 22.1 Å². The summed E-state index contributed by atoms with van der Waals surface area (Å²) in [6.45, 7) is 4.52. The molecule has 0 bridgehead atoms. The summed E-state index contributed by atoms with van der Waals surface area (Å²) in [5, 5.41) is 6.39. The van der Waals surface area contributed by atoms with Crippen molar-refractivity contribution in [1.29, 1.82) is 0 Å². The van der Waals surface area contributed by atoms with Crippen LogP contribution in [0.4, 0.5) is 0 Å². The third-order valence-electron chi connectivity index (χ3n) is 11.0. The zero-order chi connectivity index (χ0) is 30.7. The van der Waals surface area contributed by atoms with Gasteiger partial charge in [0.05, 0.1) is 10.3 Å². The molecule has 0 N–H and O–H groups in total. The summed E-state index contributed by atoms with van der Waals surface area (Å²) in [5.74, 6) is 0. The average molecular weight is 617 g/mol. The zero-order valence-electron chi connectivity index (χ0n) is 25.8. The number of hydrogen-bond acceptors (Lipinski definition) is 2. The van der Waals surface area contributed by atoms with Crippen LogP contribution in [0.1, 0.15) is 11.1 Å². The molecule has 2 aliphatic heterocycles. The van der Waals surface area contributed by atoms with E-state index in [1.165, 1.54) is 92.1 Å². The second kappa shape index (κ2) is 8.25. The number of furan rings is 1. The third-order valence-corrected chi connectivity index (χ3v) is 12.1. The Bertz CT molecular complexity index is 3040. The molecule has 0 fully saturated rings. The smallest absolute Gasteiger partial charge is 0.333 e. The van der Waals surface area contributed by atoms with Crippen LogP contribution in [-0.2, 0) is 0 Å². The van der Waals surface area contributed by atoms with Gasteiger partial charge in [-0.25, -0.2) is 0 Å². The van der Waals surface area contributed by atoms with Crippen LogP contribution in [0.15, 0.2) is 120 Å². The molecule has 0 unspecified atom stereocenters. The summed E-state index contributed by atoms with van der Waals surface area (Å²) in [6, 6.07) is 42.8. The van der Waals surface area contributed by atoms with Crippen LogP contribution < -0.4 is 10.9 Å². The highest BCUT2D eigenvalue weighted by Crippen LogP contribution is 2.49. The van der Waals surface area contributed by atoms with Crippen molar-refractivity contribution in [3.8, 4) is 27.9 Å². The largest absolute Gasteiger partial charge is 0.454 e. The molecule has 2 aliphatic rings. The van der Waals surface area contributed by atoms with Crippen LogP contribution in [-0.4, -0.2) is 15.9 Å². The number of aryl methyl sites for hydroxylation is 2. The second-order valence-electron chi connectivity index (χ2n) is 13.3. The van der Waals surface area contributed by atoms with Crippen molar-refractivity contribution in [1.82, 2.24) is 9.05 Å². The van der Waals surface area contributed by atoms with E-state index in [1.54, 1.807) is 0 Å². The molecule has 12 rings (SSSR count). The number of hydrogen-bond donors (Lipinski definition) is 0. The van der Waals surface area contributed by atoms with Gasteiger partial charge in [0.2, 0.25) is 0 Å². The van der Waals surface area contributed by atoms with Crippen molar-refractivity contribution < 1.29 is 4.42 Å². The molecule has 6 heterocycles. The first-order chi connectivity index (χ1) is 23.2. The Labute approximate surface area is 274 Å². The standard InChI is InChI=1S/C42H25BN2OS/c1-22-10-7-11-23(2)35(22)24-20-30-25-14-8-15-28-36-27-13-4-6-19-34(27)47-42(36)45(38(25)28)43-31-17-9-16-29-39(31)44(32(21-24)37(30)43)40-26-12-3-5-18-33(26)46-41(29)40/h3-21H,1-2H3. The first-order valence-corrected chi connectivity index (χ1v) is 17.1. The fourth-order valence-electron chi connectivity index (χ4n) is 9.21. The highest BCUT2D eigenvalue weighted by Gasteiger charge is 2.42. The lowest BCUT2D eigenvalue weighted by atomic mass is 9.45. The van der Waals surface area contributed by atoms with Gasteiger partial charge in [-0.3, -0.25) is 0 Å². The lowest BCUT2D eigenvalue weighted by molar-refractivity contribution is 0.673. The van der Waals surface area contributed by atoms with E-state index in [4.69, 9.17) is 4.42 Å². The van der Waals surface area contributed by atoms with Crippen molar-refractivity contribution in [2.45, 2.75) is 13.8 Å². The van der Waals surface area contributed by atoms with Crippen molar-refractivity contribution >= 4 is 93.3 Å². The molecule has 0 atom stereocenters. The number of thiophene rings is 1. The summed E-state index contributed by atoms with van der Waals surface area (Å²) < 4.78 is 13.3. The maximum absolute atomic E-state index is 6.70. The number of rotatable bonds is 1. The predicted octanol–water partition coefficient (Wildman–Crippen LogP) is 10.1. The maximum atomic E-state index is 6.70. The van der Waals surface area contributed by atoms with Crippen LogP contribution in [0, 0.1) is 13.8 Å². The number of aromatic nitrogens is 2. The molecule has 218 valence electrons. The fourth-order valence-corrected chi connectivity index (χ4v) is 10.5. The van der Waals surface area contributed by atoms with Gasteiger partial charge in [0, 0.05) is 48.4 Å². The van der Waals surface area contributed by atoms with Gasteiger partial charge in [0.1, 0.15) is 11.1 Å². The van der Waals surface area contributed by atoms with E-state index in [0.29, 0.717) is 0 Å². The molecular weight excluding hydrogens is 591 g/mol. The number of para-hydroxylation sites is 3. The van der Waals surface area contributed by atoms with Gasteiger partial charge in [0.15, 0.2) is 5.58 Å². The summed E-state index contributed by atoms with van der Waals surface area (Å²) in [7, 11) is 0. The highest BCUT2D eigenvalue weighted by atomic mass is 32.1. The van der Waals surface area contributed by atoms with Gasteiger partial charge in [-0.05, 0) is 89.0 Å². The Hall–Kier alpha value is -5.52. The average Bonchev–Trinajstić information content (AvgIpc) is 3.83. The Morgan fingerprint density at radius 2 is 1.38 bits per heavy atom. The first-order valence-electron chi connectivity index (χ1n) is 16.3. The fraction of sp³-hybridized carbons (Fsp3) is 0.0476. The van der Waals surface area contributed by atoms with Crippen LogP contribution >= 0.6 is 11.3 Å². The van der Waals surface area contributed by atoms with Crippen LogP contribution in [0.3, 0.4) is 0 Å². The normalized spacial score (nSPS) is 13.3. The quantitative estimate of drug-likeness (QED) is 0.168. The molecule has 0 aliphatic carbocycles. The Balaban J connectivity index is 1.35. The van der Waals surface area contributed by atoms with Crippen LogP contribution in [0.5, 0.6) is 0 Å². The molecule has 0 spiro atoms. The van der Waals surface area contributed by atoms with E-state index >= 15 is 0 Å². The summed E-state index contributed by atoms with van der Waals surface area (Å²) in [6.07, 6.45) is 0. The molecule has 47 heavy (non-hydrogen) atoms. The molecule has 0 amide bonds. The molecule has 5 heteroatoms. The van der Waals surface area contributed by atoms with Gasteiger partial charge >= 0.3 is 6.85 Å². The van der Waals surface area contributed by atoms with E-state index < -0.39 is 0 Å². The topological polar surface area (TPSA) is 23.0 Å². The summed E-state index contributed by atoms with van der Waals surface area (Å²) >= 11 is 1.93. The molecule has 0 saturated heterocycles. The van der Waals surface area contributed by atoms with Gasteiger partial charge in [-0.2, -0.15) is 0 Å². The summed E-state index contributed by atoms with van der Waals surface area (Å²) in [5.41, 5.74) is 17.4. The lowest BCUT2D eigenvalue weighted by Crippen LogP contribution is -2.55. The molecule has 0 saturated carbocycles. The van der Waals surface area contributed by atoms with E-state index in [-0.39, 0.29) is 6.85 Å². The van der Waals surface area contributed by atoms with E-state index in [2.05, 4.69) is 138 Å². The van der Waals surface area contributed by atoms with Crippen molar-refractivity contribution in [2.75, 3.05) is 0 Å².